The Morgan fingerprint density at radius 1 is 1.58 bits per heavy atom. The first-order valence-electron chi connectivity index (χ1n) is 6.31. The van der Waals surface area contributed by atoms with Gasteiger partial charge in [-0.3, -0.25) is 9.89 Å². The molecule has 0 fully saturated rings. The fourth-order valence-corrected chi connectivity index (χ4v) is 2.36. The van der Waals surface area contributed by atoms with Gasteiger partial charge in [-0.2, -0.15) is 5.10 Å². The van der Waals surface area contributed by atoms with Gasteiger partial charge in [0.2, 0.25) is 0 Å². The molecule has 0 saturated carbocycles. The quantitative estimate of drug-likeness (QED) is 0.764. The van der Waals surface area contributed by atoms with Crippen molar-refractivity contribution in [1.82, 2.24) is 15.5 Å². The molecule has 0 spiro atoms. The van der Waals surface area contributed by atoms with Gasteiger partial charge in [-0.15, -0.1) is 0 Å². The highest BCUT2D eigenvalue weighted by Crippen LogP contribution is 2.22. The summed E-state index contributed by atoms with van der Waals surface area (Å²) in [5.41, 5.74) is 2.50. The molecule has 2 heterocycles. The predicted octanol–water partition coefficient (Wildman–Crippen LogP) is 0.955. The Bertz CT molecular complexity index is 574. The van der Waals surface area contributed by atoms with Crippen molar-refractivity contribution in [3.05, 3.63) is 41.1 Å². The minimum absolute atomic E-state index is 0.105. The average Bonchev–Trinajstić information content (AvgIpc) is 3.10. The lowest BCUT2D eigenvalue weighted by Crippen LogP contribution is -2.29. The number of nitrogens with one attached hydrogen (secondary N) is 2. The molecule has 2 aromatic rings. The van der Waals surface area contributed by atoms with Crippen LogP contribution in [0.4, 0.5) is 0 Å². The van der Waals surface area contributed by atoms with Gasteiger partial charge in [-0.25, -0.2) is 0 Å². The molecular weight excluding hydrogens is 246 g/mol. The number of amides is 1. The van der Waals surface area contributed by atoms with E-state index in [1.165, 1.54) is 6.26 Å². The van der Waals surface area contributed by atoms with E-state index in [2.05, 4.69) is 15.5 Å². The second-order valence-electron chi connectivity index (χ2n) is 4.62. The van der Waals surface area contributed by atoms with Crippen LogP contribution in [0.1, 0.15) is 40.0 Å². The fourth-order valence-electron chi connectivity index (χ4n) is 2.36. The van der Waals surface area contributed by atoms with Crippen LogP contribution in [0, 0.1) is 0 Å². The zero-order valence-corrected chi connectivity index (χ0v) is 10.3. The summed E-state index contributed by atoms with van der Waals surface area (Å²) in [7, 11) is 0. The van der Waals surface area contributed by atoms with Gasteiger partial charge in [-0.1, -0.05) is 0 Å². The van der Waals surface area contributed by atoms with Crippen molar-refractivity contribution in [2.45, 2.75) is 25.4 Å². The molecule has 3 N–H and O–H groups in total. The summed E-state index contributed by atoms with van der Waals surface area (Å²) in [6, 6.07) is 3.37. The maximum atomic E-state index is 12.0. The molecule has 0 aliphatic heterocycles. The van der Waals surface area contributed by atoms with Crippen molar-refractivity contribution in [3.63, 3.8) is 0 Å². The van der Waals surface area contributed by atoms with E-state index in [1.807, 2.05) is 0 Å². The summed E-state index contributed by atoms with van der Waals surface area (Å²) < 4.78 is 5.07. The minimum atomic E-state index is -0.842. The fraction of sp³-hybridized carbons (Fsp3) is 0.385. The monoisotopic (exact) mass is 261 g/mol. The summed E-state index contributed by atoms with van der Waals surface area (Å²) in [5.74, 6) is 0.178. The van der Waals surface area contributed by atoms with Crippen LogP contribution in [0.5, 0.6) is 0 Å². The molecule has 19 heavy (non-hydrogen) atoms. The minimum Gasteiger partial charge on any atom is -0.467 e. The van der Waals surface area contributed by atoms with Crippen molar-refractivity contribution in [3.8, 4) is 0 Å². The van der Waals surface area contributed by atoms with Crippen molar-refractivity contribution < 1.29 is 14.3 Å². The number of H-pyrrole nitrogens is 1. The van der Waals surface area contributed by atoms with E-state index >= 15 is 0 Å². The van der Waals surface area contributed by atoms with Gasteiger partial charge in [0, 0.05) is 11.3 Å². The van der Waals surface area contributed by atoms with Gasteiger partial charge in [-0.05, 0) is 31.4 Å². The number of rotatable bonds is 4. The molecule has 0 bridgehead atoms. The number of hydrogen-bond acceptors (Lipinski definition) is 4. The summed E-state index contributed by atoms with van der Waals surface area (Å²) in [4.78, 5) is 12.0. The van der Waals surface area contributed by atoms with E-state index in [1.54, 1.807) is 12.1 Å². The van der Waals surface area contributed by atoms with Gasteiger partial charge in [0.1, 0.15) is 11.9 Å². The Balaban J connectivity index is 1.62. The van der Waals surface area contributed by atoms with E-state index in [9.17, 15) is 9.90 Å². The molecule has 2 aromatic heterocycles. The number of aliphatic hydroxyl groups is 1. The number of aliphatic hydroxyl groups excluding tert-OH is 1. The summed E-state index contributed by atoms with van der Waals surface area (Å²) in [6.07, 6.45) is 3.53. The van der Waals surface area contributed by atoms with E-state index < -0.39 is 6.10 Å². The molecule has 1 aliphatic carbocycles. The Hall–Kier alpha value is -2.08. The highest BCUT2D eigenvalue weighted by molar-refractivity contribution is 5.94. The number of fused-ring (bicyclic) bond motifs is 1. The lowest BCUT2D eigenvalue weighted by Gasteiger charge is -2.08. The van der Waals surface area contributed by atoms with Crippen LogP contribution in [0.2, 0.25) is 0 Å². The molecule has 0 saturated heterocycles. The summed E-state index contributed by atoms with van der Waals surface area (Å²) in [6.45, 7) is 0.105. The molecule has 1 amide bonds. The molecule has 100 valence electrons. The topological polar surface area (TPSA) is 91.2 Å². The second kappa shape index (κ2) is 4.89. The molecule has 6 heteroatoms. The zero-order chi connectivity index (χ0) is 13.2. The lowest BCUT2D eigenvalue weighted by molar-refractivity contribution is 0.0895. The number of carbonyl (C=O) groups excluding carboxylic acids is 1. The molecule has 0 aromatic carbocycles. The predicted molar refractivity (Wildman–Crippen MR) is 66.6 cm³/mol. The number of carbonyl (C=O) groups is 1. The van der Waals surface area contributed by atoms with E-state index in [-0.39, 0.29) is 12.5 Å². The first-order chi connectivity index (χ1) is 9.25. The average molecular weight is 261 g/mol. The van der Waals surface area contributed by atoms with Crippen LogP contribution >= 0.6 is 0 Å². The maximum absolute atomic E-state index is 12.0. The molecule has 1 unspecified atom stereocenters. The van der Waals surface area contributed by atoms with Gasteiger partial charge in [0.05, 0.1) is 12.8 Å². The first kappa shape index (κ1) is 12.0. The third-order valence-electron chi connectivity index (χ3n) is 3.35. The van der Waals surface area contributed by atoms with E-state index in [4.69, 9.17) is 4.42 Å². The van der Waals surface area contributed by atoms with Crippen molar-refractivity contribution in [1.29, 1.82) is 0 Å². The van der Waals surface area contributed by atoms with Gasteiger partial charge >= 0.3 is 0 Å². The van der Waals surface area contributed by atoms with E-state index in [0.717, 1.165) is 30.5 Å². The summed E-state index contributed by atoms with van der Waals surface area (Å²) in [5, 5.41) is 19.4. The largest absolute Gasteiger partial charge is 0.467 e. The third kappa shape index (κ3) is 2.26. The summed E-state index contributed by atoms with van der Waals surface area (Å²) >= 11 is 0. The molecule has 3 rings (SSSR count). The number of aromatic nitrogens is 2. The van der Waals surface area contributed by atoms with Gasteiger partial charge in [0.25, 0.3) is 5.91 Å². The van der Waals surface area contributed by atoms with E-state index in [0.29, 0.717) is 11.5 Å². The van der Waals surface area contributed by atoms with Gasteiger partial charge in [0.15, 0.2) is 5.69 Å². The Morgan fingerprint density at radius 2 is 2.47 bits per heavy atom. The van der Waals surface area contributed by atoms with Crippen molar-refractivity contribution >= 4 is 5.91 Å². The third-order valence-corrected chi connectivity index (χ3v) is 3.35. The number of hydrogen-bond donors (Lipinski definition) is 3. The lowest BCUT2D eigenvalue weighted by atomic mass is 10.2. The normalized spacial score (nSPS) is 15.2. The van der Waals surface area contributed by atoms with Crippen molar-refractivity contribution in [2.75, 3.05) is 6.54 Å². The molecule has 1 atom stereocenters. The maximum Gasteiger partial charge on any atom is 0.272 e. The number of nitrogens with zero attached hydrogens (tertiary/aromatic N) is 1. The molecule has 0 radical (unpaired) electrons. The van der Waals surface area contributed by atoms with Crippen LogP contribution in [-0.4, -0.2) is 27.8 Å². The number of aryl methyl sites for hydroxylation is 1. The Labute approximate surface area is 109 Å². The van der Waals surface area contributed by atoms with Crippen LogP contribution in [0.15, 0.2) is 22.8 Å². The van der Waals surface area contributed by atoms with Crippen LogP contribution in [0.25, 0.3) is 0 Å². The van der Waals surface area contributed by atoms with Crippen LogP contribution < -0.4 is 5.32 Å². The Morgan fingerprint density at radius 3 is 3.26 bits per heavy atom. The van der Waals surface area contributed by atoms with Crippen LogP contribution in [0.3, 0.4) is 0 Å². The number of aromatic amines is 1. The van der Waals surface area contributed by atoms with Crippen molar-refractivity contribution in [2.24, 2.45) is 0 Å². The Kier molecular flexibility index (Phi) is 3.08. The zero-order valence-electron chi connectivity index (χ0n) is 10.3. The molecule has 1 aliphatic rings. The standard InChI is InChI=1S/C13H15N3O3/c17-10(11-5-2-6-19-11)7-14-13(18)12-8-3-1-4-9(8)15-16-12/h2,5-6,10,17H,1,3-4,7H2,(H,14,18)(H,15,16). The smallest absolute Gasteiger partial charge is 0.272 e. The molecule has 6 nitrogen and oxygen atoms in total. The number of furan rings is 1. The SMILES string of the molecule is O=C(NCC(O)c1ccco1)c1n[nH]c2c1CCC2. The van der Waals surface area contributed by atoms with Crippen LogP contribution in [-0.2, 0) is 12.8 Å². The first-order valence-corrected chi connectivity index (χ1v) is 6.31. The highest BCUT2D eigenvalue weighted by atomic mass is 16.4. The van der Waals surface area contributed by atoms with Gasteiger partial charge < -0.3 is 14.8 Å². The highest BCUT2D eigenvalue weighted by Gasteiger charge is 2.23. The second-order valence-corrected chi connectivity index (χ2v) is 4.62. The molecular formula is C13H15N3O3.